The summed E-state index contributed by atoms with van der Waals surface area (Å²) in [5.74, 6) is 5.94. The van der Waals surface area contributed by atoms with Crippen LogP contribution in [0.3, 0.4) is 0 Å². The lowest BCUT2D eigenvalue weighted by Gasteiger charge is -1.56. The third-order valence-electron chi connectivity index (χ3n) is 0.414. The molecule has 0 bridgehead atoms. The predicted octanol–water partition coefficient (Wildman–Crippen LogP) is 1.43. The van der Waals surface area contributed by atoms with Crippen LogP contribution in [0, 0.1) is 11.1 Å². The summed E-state index contributed by atoms with van der Waals surface area (Å²) >= 11 is 0. The first kappa shape index (κ1) is 2.87. The summed E-state index contributed by atoms with van der Waals surface area (Å²) in [6, 6.07) is 0. The molecule has 0 spiro atoms. The van der Waals surface area contributed by atoms with Gasteiger partial charge in [-0.05, 0) is 11.6 Å². The molecule has 1 heterocycles. The molecule has 0 aromatic carbocycles. The lowest BCUT2D eigenvalue weighted by molar-refractivity contribution is 1.57. The zero-order valence-corrected chi connectivity index (χ0v) is 3.44. The molecule has 0 saturated carbocycles. The molecule has 2 heteroatoms. The van der Waals surface area contributed by atoms with E-state index in [4.69, 9.17) is 5.26 Å². The topological polar surface area (TPSA) is 23.8 Å². The molecule has 24 valence electrons. The van der Waals surface area contributed by atoms with Gasteiger partial charge in [0.1, 0.15) is 0 Å². The Morgan fingerprint density at radius 2 is 2.20 bits per heavy atom. The van der Waals surface area contributed by atoms with Gasteiger partial charge in [-0.2, -0.15) is 5.26 Å². The normalized spacial score (nSPS) is 18.2. The van der Waals surface area contributed by atoms with E-state index in [1.165, 1.54) is 0 Å². The minimum absolute atomic E-state index is 0.293. The lowest BCUT2D eigenvalue weighted by atomic mass is 11.3. The van der Waals surface area contributed by atoms with E-state index < -0.39 is 0 Å². The van der Waals surface area contributed by atoms with Gasteiger partial charge in [-0.25, -0.2) is 0 Å². The van der Waals surface area contributed by atoms with Crippen molar-refractivity contribution in [3.63, 3.8) is 0 Å². The van der Waals surface area contributed by atoms with Gasteiger partial charge in [-0.3, -0.25) is 0 Å². The minimum Gasteiger partial charge on any atom is -0.193 e. The van der Waals surface area contributed by atoms with Crippen molar-refractivity contribution < 1.29 is 0 Å². The maximum atomic E-state index is 7.92. The van der Waals surface area contributed by atoms with Gasteiger partial charge in [-0.15, -0.1) is 0 Å². The first-order valence-corrected chi connectivity index (χ1v) is 2.78. The molecule has 5 heavy (non-hydrogen) atoms. The van der Waals surface area contributed by atoms with Crippen LogP contribution in [0.5, 0.6) is 0 Å². The van der Waals surface area contributed by atoms with E-state index in [0.717, 1.165) is 0 Å². The molecule has 0 saturated heterocycles. The second-order valence-corrected chi connectivity index (χ2v) is 2.42. The Labute approximate surface area is 31.7 Å². The van der Waals surface area contributed by atoms with Crippen molar-refractivity contribution in [3.8, 4) is 5.81 Å². The van der Waals surface area contributed by atoms with Crippen molar-refractivity contribution in [1.82, 2.24) is 0 Å². The molecular formula is C3H2NP. The van der Waals surface area contributed by atoms with E-state index in [1.54, 1.807) is 0 Å². The van der Waals surface area contributed by atoms with Crippen molar-refractivity contribution in [2.24, 2.45) is 0 Å². The molecule has 0 fully saturated rings. The molecule has 1 aliphatic rings. The summed E-state index contributed by atoms with van der Waals surface area (Å²) in [5.41, 5.74) is 0. The van der Waals surface area contributed by atoms with Crippen LogP contribution in [0.1, 0.15) is 0 Å². The van der Waals surface area contributed by atoms with Crippen LogP contribution in [0.15, 0.2) is 11.6 Å². The highest BCUT2D eigenvalue weighted by molar-refractivity contribution is 7.75. The van der Waals surface area contributed by atoms with Crippen LogP contribution in [0.2, 0.25) is 0 Å². The molecule has 0 unspecified atom stereocenters. The summed E-state index contributed by atoms with van der Waals surface area (Å²) in [5, 5.41) is 7.92. The molecule has 1 aliphatic heterocycles. The number of hydrogen-bond acceptors (Lipinski definition) is 1. The Morgan fingerprint density at radius 1 is 1.60 bits per heavy atom. The van der Waals surface area contributed by atoms with Crippen LogP contribution in [-0.4, -0.2) is 0 Å². The SMILES string of the molecule is N#CP1C=C1. The fraction of sp³-hybridized carbons (Fsp3) is 0. The van der Waals surface area contributed by atoms with Gasteiger partial charge in [0, 0.05) is 7.92 Å². The van der Waals surface area contributed by atoms with Gasteiger partial charge in [0.05, 0.1) is 5.81 Å². The van der Waals surface area contributed by atoms with E-state index in [-0.39, 0.29) is 7.92 Å². The molecule has 0 aliphatic carbocycles. The van der Waals surface area contributed by atoms with E-state index in [0.29, 0.717) is 0 Å². The summed E-state index contributed by atoms with van der Waals surface area (Å²) in [7, 11) is -0.293. The zero-order chi connectivity index (χ0) is 3.70. The van der Waals surface area contributed by atoms with Gasteiger partial charge in [0.25, 0.3) is 0 Å². The van der Waals surface area contributed by atoms with Crippen molar-refractivity contribution in [3.05, 3.63) is 11.6 Å². The van der Waals surface area contributed by atoms with E-state index in [9.17, 15) is 0 Å². The highest BCUT2D eigenvalue weighted by Crippen LogP contribution is 2.50. The average molecular weight is 83.0 g/mol. The summed E-state index contributed by atoms with van der Waals surface area (Å²) in [6.45, 7) is 0. The molecule has 0 atom stereocenters. The lowest BCUT2D eigenvalue weighted by Crippen LogP contribution is -1.19. The van der Waals surface area contributed by atoms with Crippen molar-refractivity contribution in [2.75, 3.05) is 0 Å². The van der Waals surface area contributed by atoms with Gasteiger partial charge in [0.15, 0.2) is 0 Å². The summed E-state index contributed by atoms with van der Waals surface area (Å²) < 4.78 is 0. The average Bonchev–Trinajstić information content (AvgIpc) is 2.12. The number of hydrogen-bond donors (Lipinski definition) is 0. The summed E-state index contributed by atoms with van der Waals surface area (Å²) in [6.07, 6.45) is 0. The smallest absolute Gasteiger partial charge is 0.0958 e. The maximum absolute atomic E-state index is 7.92. The Kier molecular flexibility index (Phi) is 0.465. The van der Waals surface area contributed by atoms with Gasteiger partial charge in [0.2, 0.25) is 0 Å². The second kappa shape index (κ2) is 0.808. The Hall–Kier alpha value is -0.340. The van der Waals surface area contributed by atoms with Gasteiger partial charge < -0.3 is 0 Å². The highest BCUT2D eigenvalue weighted by atomic mass is 31.1. The van der Waals surface area contributed by atoms with Crippen molar-refractivity contribution in [1.29, 1.82) is 5.26 Å². The molecular weight excluding hydrogens is 81.0 g/mol. The molecule has 0 aromatic heterocycles. The van der Waals surface area contributed by atoms with E-state index in [1.807, 2.05) is 11.6 Å². The molecule has 0 amide bonds. The maximum Gasteiger partial charge on any atom is 0.0958 e. The van der Waals surface area contributed by atoms with E-state index >= 15 is 0 Å². The number of nitriles is 1. The van der Waals surface area contributed by atoms with Crippen molar-refractivity contribution in [2.45, 2.75) is 0 Å². The molecule has 0 radical (unpaired) electrons. The van der Waals surface area contributed by atoms with Crippen LogP contribution in [0.25, 0.3) is 0 Å². The largest absolute Gasteiger partial charge is 0.193 e. The third-order valence-corrected chi connectivity index (χ3v) is 1.24. The highest BCUT2D eigenvalue weighted by Gasteiger charge is 2.05. The predicted molar refractivity (Wildman–Crippen MR) is 21.7 cm³/mol. The Morgan fingerprint density at radius 3 is 2.20 bits per heavy atom. The first-order chi connectivity index (χ1) is 2.43. The summed E-state index contributed by atoms with van der Waals surface area (Å²) in [4.78, 5) is 0. The Bertz CT molecular complexity index is 94.0. The molecule has 0 aromatic rings. The first-order valence-electron chi connectivity index (χ1n) is 1.30. The number of rotatable bonds is 0. The molecule has 1 nitrogen and oxygen atoms in total. The van der Waals surface area contributed by atoms with Gasteiger partial charge >= 0.3 is 0 Å². The fourth-order valence-corrected chi connectivity index (χ4v) is 0.500. The molecule has 1 rings (SSSR count). The van der Waals surface area contributed by atoms with Crippen LogP contribution in [-0.2, 0) is 0 Å². The van der Waals surface area contributed by atoms with Crippen molar-refractivity contribution >= 4 is 7.92 Å². The Balaban J connectivity index is 2.37. The third kappa shape index (κ3) is 0.464. The number of nitrogens with zero attached hydrogens (tertiary/aromatic N) is 1. The van der Waals surface area contributed by atoms with E-state index in [2.05, 4.69) is 5.81 Å². The molecule has 0 N–H and O–H groups in total. The van der Waals surface area contributed by atoms with Gasteiger partial charge in [-0.1, -0.05) is 0 Å². The fourth-order valence-electron chi connectivity index (χ4n) is 0.100. The quantitative estimate of drug-likeness (QED) is 0.406. The standard InChI is InChI=1S/C3H2NP/c4-3-5-1-2-5/h1-2H. The zero-order valence-electron chi connectivity index (χ0n) is 2.55. The minimum atomic E-state index is -0.293. The van der Waals surface area contributed by atoms with Crippen LogP contribution in [0.4, 0.5) is 0 Å². The second-order valence-electron chi connectivity index (χ2n) is 0.805. The monoisotopic (exact) mass is 83.0 g/mol. The van der Waals surface area contributed by atoms with Crippen LogP contribution >= 0.6 is 7.92 Å². The van der Waals surface area contributed by atoms with Crippen LogP contribution < -0.4 is 0 Å².